The van der Waals surface area contributed by atoms with Crippen LogP contribution in [0.5, 0.6) is 11.5 Å². The van der Waals surface area contributed by atoms with Crippen LogP contribution in [-0.4, -0.2) is 28.5 Å². The van der Waals surface area contributed by atoms with Gasteiger partial charge in [0.15, 0.2) is 11.5 Å². The summed E-state index contributed by atoms with van der Waals surface area (Å²) in [4.78, 5) is 13.4. The SMILES string of the molecule is COc1cc(Br)c(S(=O)(=O)NNC(=O)C(C)C)cc1OC. The molecule has 1 rings (SSSR count). The fourth-order valence-electron chi connectivity index (χ4n) is 1.36. The number of hydrogen-bond donors (Lipinski definition) is 2. The molecule has 0 radical (unpaired) electrons. The fourth-order valence-corrected chi connectivity index (χ4v) is 3.24. The number of halogens is 1. The van der Waals surface area contributed by atoms with Gasteiger partial charge in [0.05, 0.1) is 14.2 Å². The molecule has 1 amide bonds. The highest BCUT2D eigenvalue weighted by Crippen LogP contribution is 2.35. The second-order valence-corrected chi connectivity index (χ2v) is 6.89. The van der Waals surface area contributed by atoms with E-state index in [1.807, 2.05) is 4.83 Å². The Bertz CT molecular complexity index is 631. The molecule has 21 heavy (non-hydrogen) atoms. The molecule has 0 fully saturated rings. The highest BCUT2D eigenvalue weighted by molar-refractivity contribution is 9.10. The number of amides is 1. The summed E-state index contributed by atoms with van der Waals surface area (Å²) in [5.74, 6) is -0.137. The smallest absolute Gasteiger partial charge is 0.258 e. The molecule has 0 bridgehead atoms. The van der Waals surface area contributed by atoms with Crippen molar-refractivity contribution in [2.24, 2.45) is 5.92 Å². The summed E-state index contributed by atoms with van der Waals surface area (Å²) in [6.45, 7) is 3.30. The molecule has 0 aliphatic rings. The zero-order chi connectivity index (χ0) is 16.2. The maximum Gasteiger partial charge on any atom is 0.258 e. The molecular weight excluding hydrogens is 364 g/mol. The van der Waals surface area contributed by atoms with Gasteiger partial charge in [-0.1, -0.05) is 13.8 Å². The Kier molecular flexibility index (Phi) is 5.99. The predicted octanol–water partition coefficient (Wildman–Crippen LogP) is 1.43. The number of rotatable bonds is 6. The first-order chi connectivity index (χ1) is 9.72. The van der Waals surface area contributed by atoms with E-state index in [0.717, 1.165) is 0 Å². The van der Waals surface area contributed by atoms with Gasteiger partial charge in [-0.15, -0.1) is 4.83 Å². The van der Waals surface area contributed by atoms with Crippen molar-refractivity contribution in [3.05, 3.63) is 16.6 Å². The average molecular weight is 381 g/mol. The minimum absolute atomic E-state index is 0.0794. The molecule has 0 spiro atoms. The summed E-state index contributed by atoms with van der Waals surface area (Å²) in [6, 6.07) is 2.77. The molecule has 118 valence electrons. The minimum Gasteiger partial charge on any atom is -0.493 e. The summed E-state index contributed by atoms with van der Waals surface area (Å²) in [5.41, 5.74) is 2.14. The molecule has 0 atom stereocenters. The first kappa shape index (κ1) is 17.7. The van der Waals surface area contributed by atoms with Crippen LogP contribution in [0.4, 0.5) is 0 Å². The Morgan fingerprint density at radius 1 is 1.19 bits per heavy atom. The van der Waals surface area contributed by atoms with Crippen LogP contribution in [0.25, 0.3) is 0 Å². The molecule has 2 N–H and O–H groups in total. The number of carbonyl (C=O) groups is 1. The molecule has 0 saturated heterocycles. The van der Waals surface area contributed by atoms with Crippen LogP contribution in [0.3, 0.4) is 0 Å². The zero-order valence-corrected chi connectivity index (χ0v) is 14.5. The maximum atomic E-state index is 12.2. The highest BCUT2D eigenvalue weighted by Gasteiger charge is 2.22. The van der Waals surface area contributed by atoms with E-state index in [2.05, 4.69) is 21.4 Å². The van der Waals surface area contributed by atoms with Crippen LogP contribution in [-0.2, 0) is 14.8 Å². The van der Waals surface area contributed by atoms with E-state index >= 15 is 0 Å². The number of ether oxygens (including phenoxy) is 2. The molecule has 7 nitrogen and oxygen atoms in total. The van der Waals surface area contributed by atoms with Crippen LogP contribution < -0.4 is 19.7 Å². The van der Waals surface area contributed by atoms with Crippen molar-refractivity contribution in [3.8, 4) is 11.5 Å². The summed E-state index contributed by atoms with van der Waals surface area (Å²) >= 11 is 3.16. The Morgan fingerprint density at radius 3 is 2.19 bits per heavy atom. The van der Waals surface area contributed by atoms with E-state index < -0.39 is 15.9 Å². The first-order valence-corrected chi connectivity index (χ1v) is 8.23. The monoisotopic (exact) mass is 380 g/mol. The number of nitrogens with one attached hydrogen (secondary N) is 2. The average Bonchev–Trinajstić information content (AvgIpc) is 2.43. The van der Waals surface area contributed by atoms with Crippen molar-refractivity contribution in [1.82, 2.24) is 10.3 Å². The van der Waals surface area contributed by atoms with Crippen molar-refractivity contribution < 1.29 is 22.7 Å². The highest BCUT2D eigenvalue weighted by atomic mass is 79.9. The number of hydrazine groups is 1. The van der Waals surface area contributed by atoms with E-state index in [1.54, 1.807) is 13.8 Å². The van der Waals surface area contributed by atoms with Gasteiger partial charge < -0.3 is 9.47 Å². The number of sulfonamides is 1. The van der Waals surface area contributed by atoms with Gasteiger partial charge in [0.2, 0.25) is 5.91 Å². The normalized spacial score (nSPS) is 11.3. The molecule has 0 aromatic heterocycles. The molecule has 0 saturated carbocycles. The van der Waals surface area contributed by atoms with Gasteiger partial charge >= 0.3 is 0 Å². The molecule has 1 aromatic carbocycles. The molecule has 1 aromatic rings. The number of benzene rings is 1. The zero-order valence-electron chi connectivity index (χ0n) is 12.1. The van der Waals surface area contributed by atoms with Crippen molar-refractivity contribution in [3.63, 3.8) is 0 Å². The lowest BCUT2D eigenvalue weighted by molar-refractivity contribution is -0.124. The summed E-state index contributed by atoms with van der Waals surface area (Å²) in [5, 5.41) is 0. The minimum atomic E-state index is -3.94. The van der Waals surface area contributed by atoms with Crippen molar-refractivity contribution in [2.45, 2.75) is 18.7 Å². The number of methoxy groups -OCH3 is 2. The predicted molar refractivity (Wildman–Crippen MR) is 80.5 cm³/mol. The van der Waals surface area contributed by atoms with Crippen LogP contribution in [0.1, 0.15) is 13.8 Å². The van der Waals surface area contributed by atoms with E-state index in [1.165, 1.54) is 26.4 Å². The Balaban J connectivity index is 3.11. The Hall–Kier alpha value is -1.32. The molecular formula is C12H17BrN2O5S. The maximum absolute atomic E-state index is 12.2. The third-order valence-corrected chi connectivity index (χ3v) is 4.77. The summed E-state index contributed by atoms with van der Waals surface area (Å²) < 4.78 is 34.8. The third kappa shape index (κ3) is 4.32. The first-order valence-electron chi connectivity index (χ1n) is 5.96. The van der Waals surface area contributed by atoms with Gasteiger partial charge in [-0.25, -0.2) is 8.42 Å². The van der Waals surface area contributed by atoms with E-state index in [-0.39, 0.29) is 21.0 Å². The van der Waals surface area contributed by atoms with E-state index in [4.69, 9.17) is 9.47 Å². The molecule has 0 aliphatic heterocycles. The molecule has 9 heteroatoms. The standard InChI is InChI=1S/C12H17BrN2O5S/c1-7(2)12(16)14-15-21(17,18)11-6-10(20-4)9(19-3)5-8(11)13/h5-7,15H,1-4H3,(H,14,16). The summed E-state index contributed by atoms with van der Waals surface area (Å²) in [7, 11) is -1.10. The van der Waals surface area contributed by atoms with Crippen LogP contribution in [0, 0.1) is 5.92 Å². The van der Waals surface area contributed by atoms with Crippen LogP contribution in [0.15, 0.2) is 21.5 Å². The van der Waals surface area contributed by atoms with Crippen molar-refractivity contribution in [2.75, 3.05) is 14.2 Å². The Labute approximate surface area is 132 Å². The Morgan fingerprint density at radius 2 is 1.71 bits per heavy atom. The number of hydrogen-bond acceptors (Lipinski definition) is 5. The lowest BCUT2D eigenvalue weighted by Gasteiger charge is -2.14. The summed E-state index contributed by atoms with van der Waals surface area (Å²) in [6.07, 6.45) is 0. The van der Waals surface area contributed by atoms with E-state index in [0.29, 0.717) is 5.75 Å². The molecule has 0 aliphatic carbocycles. The lowest BCUT2D eigenvalue weighted by atomic mass is 10.2. The quantitative estimate of drug-likeness (QED) is 0.728. The lowest BCUT2D eigenvalue weighted by Crippen LogP contribution is -2.43. The van der Waals surface area contributed by atoms with Gasteiger partial charge in [0.25, 0.3) is 10.0 Å². The van der Waals surface area contributed by atoms with Gasteiger partial charge in [0, 0.05) is 16.5 Å². The fraction of sp³-hybridized carbons (Fsp3) is 0.417. The number of carbonyl (C=O) groups excluding carboxylic acids is 1. The second-order valence-electron chi connectivity index (χ2n) is 4.39. The second kappa shape index (κ2) is 7.10. The van der Waals surface area contributed by atoms with Crippen LogP contribution >= 0.6 is 15.9 Å². The van der Waals surface area contributed by atoms with Gasteiger partial charge in [0.1, 0.15) is 4.90 Å². The van der Waals surface area contributed by atoms with Crippen molar-refractivity contribution >= 4 is 31.9 Å². The topological polar surface area (TPSA) is 93.7 Å². The van der Waals surface area contributed by atoms with Crippen molar-refractivity contribution in [1.29, 1.82) is 0 Å². The third-order valence-electron chi connectivity index (χ3n) is 2.56. The van der Waals surface area contributed by atoms with Gasteiger partial charge in [-0.05, 0) is 22.0 Å². The largest absolute Gasteiger partial charge is 0.493 e. The van der Waals surface area contributed by atoms with E-state index in [9.17, 15) is 13.2 Å². The van der Waals surface area contributed by atoms with Crippen LogP contribution in [0.2, 0.25) is 0 Å². The molecule has 0 unspecified atom stereocenters. The van der Waals surface area contributed by atoms with Gasteiger partial charge in [-0.2, -0.15) is 0 Å². The molecule has 0 heterocycles. The van der Waals surface area contributed by atoms with Gasteiger partial charge in [-0.3, -0.25) is 10.2 Å².